The third-order valence-corrected chi connectivity index (χ3v) is 4.70. The lowest BCUT2D eigenvalue weighted by atomic mass is 10.1. The van der Waals surface area contributed by atoms with Gasteiger partial charge in [0.05, 0.1) is 32.9 Å². The molecule has 0 amide bonds. The van der Waals surface area contributed by atoms with Crippen LogP contribution in [0.25, 0.3) is 0 Å². The van der Waals surface area contributed by atoms with Gasteiger partial charge in [-0.25, -0.2) is 0 Å². The van der Waals surface area contributed by atoms with E-state index in [4.69, 9.17) is 19.2 Å². The fourth-order valence-electron chi connectivity index (χ4n) is 3.16. The minimum absolute atomic E-state index is 0.128. The third kappa shape index (κ3) is 6.29. The summed E-state index contributed by atoms with van der Waals surface area (Å²) in [5, 5.41) is 6.71. The Kier molecular flexibility index (Phi) is 8.67. The molecule has 0 saturated carbocycles. The van der Waals surface area contributed by atoms with Gasteiger partial charge in [0.1, 0.15) is 0 Å². The Morgan fingerprint density at radius 3 is 2.63 bits per heavy atom. The molecule has 7 nitrogen and oxygen atoms in total. The van der Waals surface area contributed by atoms with Gasteiger partial charge in [-0.05, 0) is 51.6 Å². The molecule has 1 fully saturated rings. The van der Waals surface area contributed by atoms with Gasteiger partial charge in [0, 0.05) is 19.7 Å². The zero-order chi connectivity index (χ0) is 19.6. The van der Waals surface area contributed by atoms with Gasteiger partial charge in [-0.1, -0.05) is 6.07 Å². The first-order valence-corrected chi connectivity index (χ1v) is 9.61. The summed E-state index contributed by atoms with van der Waals surface area (Å²) < 4.78 is 16.5. The van der Waals surface area contributed by atoms with Crippen LogP contribution in [-0.2, 0) is 4.74 Å². The molecule has 2 rings (SSSR count). The minimum Gasteiger partial charge on any atom is -0.493 e. The first-order chi connectivity index (χ1) is 13.1. The van der Waals surface area contributed by atoms with Crippen molar-refractivity contribution in [3.05, 3.63) is 23.8 Å². The summed E-state index contributed by atoms with van der Waals surface area (Å²) in [6.45, 7) is 5.17. The number of aliphatic imine (C=N–C) groups is 1. The number of benzene rings is 1. The van der Waals surface area contributed by atoms with E-state index in [2.05, 4.69) is 42.6 Å². The Bertz CT molecular complexity index is 601. The van der Waals surface area contributed by atoms with Crippen molar-refractivity contribution >= 4 is 5.96 Å². The van der Waals surface area contributed by atoms with E-state index < -0.39 is 0 Å². The van der Waals surface area contributed by atoms with Crippen molar-refractivity contribution in [1.82, 2.24) is 15.5 Å². The molecular weight excluding hydrogens is 344 g/mol. The van der Waals surface area contributed by atoms with Crippen LogP contribution in [0.3, 0.4) is 0 Å². The van der Waals surface area contributed by atoms with Crippen molar-refractivity contribution in [3.63, 3.8) is 0 Å². The molecular formula is C20H34N4O3. The van der Waals surface area contributed by atoms with Gasteiger partial charge in [0.15, 0.2) is 17.5 Å². The molecule has 1 aliphatic heterocycles. The van der Waals surface area contributed by atoms with Crippen LogP contribution >= 0.6 is 0 Å². The highest BCUT2D eigenvalue weighted by Gasteiger charge is 2.18. The quantitative estimate of drug-likeness (QED) is 0.506. The molecule has 0 radical (unpaired) electrons. The van der Waals surface area contributed by atoms with Crippen LogP contribution < -0.4 is 20.1 Å². The first kappa shape index (κ1) is 21.3. The highest BCUT2D eigenvalue weighted by atomic mass is 16.5. The maximum atomic E-state index is 5.68. The number of nitrogens with one attached hydrogen (secondary N) is 2. The van der Waals surface area contributed by atoms with E-state index in [9.17, 15) is 0 Å². The minimum atomic E-state index is 0.128. The van der Waals surface area contributed by atoms with Crippen LogP contribution in [0.2, 0.25) is 0 Å². The van der Waals surface area contributed by atoms with Gasteiger partial charge in [-0.15, -0.1) is 0 Å². The van der Waals surface area contributed by atoms with Gasteiger partial charge in [0.2, 0.25) is 0 Å². The summed E-state index contributed by atoms with van der Waals surface area (Å²) in [5.41, 5.74) is 1.14. The summed E-state index contributed by atoms with van der Waals surface area (Å²) in [6, 6.07) is 6.15. The number of hydrogen-bond donors (Lipinski definition) is 2. The largest absolute Gasteiger partial charge is 0.493 e. The first-order valence-electron chi connectivity index (χ1n) is 9.61. The van der Waals surface area contributed by atoms with E-state index in [0.29, 0.717) is 6.54 Å². The molecule has 1 aromatic carbocycles. The maximum absolute atomic E-state index is 5.68. The molecule has 0 bridgehead atoms. The predicted octanol–water partition coefficient (Wildman–Crippen LogP) is 2.04. The van der Waals surface area contributed by atoms with E-state index in [-0.39, 0.29) is 12.1 Å². The van der Waals surface area contributed by atoms with Crippen molar-refractivity contribution in [2.45, 2.75) is 31.9 Å². The molecule has 1 heterocycles. The summed E-state index contributed by atoms with van der Waals surface area (Å²) in [6.07, 6.45) is 2.53. The van der Waals surface area contributed by atoms with E-state index in [1.807, 2.05) is 12.1 Å². The number of methoxy groups -OCH3 is 2. The molecule has 27 heavy (non-hydrogen) atoms. The van der Waals surface area contributed by atoms with E-state index in [1.165, 1.54) is 0 Å². The standard InChI is InChI=1S/C20H34N4O3/c1-6-21-20(22-13-16-8-7-11-27-16)23-14-17(24(2)3)15-9-10-18(25-4)19(12-15)26-5/h9-10,12,16-17H,6-8,11,13-14H2,1-5H3,(H2,21,22,23). The van der Waals surface area contributed by atoms with Crippen molar-refractivity contribution in [2.75, 3.05) is 54.6 Å². The van der Waals surface area contributed by atoms with Crippen LogP contribution in [0.4, 0.5) is 0 Å². The molecule has 2 atom stereocenters. The molecule has 1 saturated heterocycles. The fraction of sp³-hybridized carbons (Fsp3) is 0.650. The average molecular weight is 379 g/mol. The normalized spacial score (nSPS) is 18.4. The van der Waals surface area contributed by atoms with Crippen molar-refractivity contribution < 1.29 is 14.2 Å². The van der Waals surface area contributed by atoms with Gasteiger partial charge in [0.25, 0.3) is 0 Å². The van der Waals surface area contributed by atoms with E-state index >= 15 is 0 Å². The SMILES string of the molecule is CCNC(=NCC(c1ccc(OC)c(OC)c1)N(C)C)NCC1CCCO1. The summed E-state index contributed by atoms with van der Waals surface area (Å²) in [7, 11) is 7.42. The predicted molar refractivity (Wildman–Crippen MR) is 109 cm³/mol. The second-order valence-electron chi connectivity index (χ2n) is 6.83. The van der Waals surface area contributed by atoms with Crippen LogP contribution in [0, 0.1) is 0 Å². The number of likely N-dealkylation sites (N-methyl/N-ethyl adjacent to an activating group) is 1. The Labute approximate surface area is 163 Å². The van der Waals surface area contributed by atoms with E-state index in [0.717, 1.165) is 55.6 Å². The van der Waals surface area contributed by atoms with Crippen LogP contribution in [0.1, 0.15) is 31.4 Å². The number of rotatable bonds is 9. The van der Waals surface area contributed by atoms with Gasteiger partial charge >= 0.3 is 0 Å². The lowest BCUT2D eigenvalue weighted by Gasteiger charge is -2.24. The lowest BCUT2D eigenvalue weighted by Crippen LogP contribution is -2.41. The van der Waals surface area contributed by atoms with Crippen molar-refractivity contribution in [3.8, 4) is 11.5 Å². The monoisotopic (exact) mass is 378 g/mol. The summed E-state index contributed by atoms with van der Waals surface area (Å²) in [4.78, 5) is 6.96. The molecule has 0 spiro atoms. The van der Waals surface area contributed by atoms with Gasteiger partial charge in [-0.2, -0.15) is 0 Å². The number of ether oxygens (including phenoxy) is 3. The topological polar surface area (TPSA) is 67.4 Å². The van der Waals surface area contributed by atoms with Crippen LogP contribution in [0.5, 0.6) is 11.5 Å². The van der Waals surface area contributed by atoms with Crippen molar-refractivity contribution in [2.24, 2.45) is 4.99 Å². The second-order valence-corrected chi connectivity index (χ2v) is 6.83. The molecule has 0 aliphatic carbocycles. The Morgan fingerprint density at radius 2 is 2.04 bits per heavy atom. The highest BCUT2D eigenvalue weighted by Crippen LogP contribution is 2.31. The molecule has 1 aliphatic rings. The van der Waals surface area contributed by atoms with Crippen molar-refractivity contribution in [1.29, 1.82) is 0 Å². The summed E-state index contributed by atoms with van der Waals surface area (Å²) in [5.74, 6) is 2.28. The third-order valence-electron chi connectivity index (χ3n) is 4.70. The smallest absolute Gasteiger partial charge is 0.191 e. The second kappa shape index (κ2) is 11.0. The molecule has 152 valence electrons. The highest BCUT2D eigenvalue weighted by molar-refractivity contribution is 5.79. The number of nitrogens with zero attached hydrogens (tertiary/aromatic N) is 2. The molecule has 0 aromatic heterocycles. The van der Waals surface area contributed by atoms with E-state index in [1.54, 1.807) is 14.2 Å². The fourth-order valence-corrected chi connectivity index (χ4v) is 3.16. The molecule has 7 heteroatoms. The number of guanidine groups is 1. The lowest BCUT2D eigenvalue weighted by molar-refractivity contribution is 0.114. The average Bonchev–Trinajstić information content (AvgIpc) is 3.19. The Morgan fingerprint density at radius 1 is 1.26 bits per heavy atom. The molecule has 1 aromatic rings. The summed E-state index contributed by atoms with van der Waals surface area (Å²) >= 11 is 0. The maximum Gasteiger partial charge on any atom is 0.191 e. The van der Waals surface area contributed by atoms with Crippen LogP contribution in [-0.4, -0.2) is 71.5 Å². The Balaban J connectivity index is 2.08. The zero-order valence-electron chi connectivity index (χ0n) is 17.2. The molecule has 2 unspecified atom stereocenters. The molecule has 2 N–H and O–H groups in total. The Hall–Kier alpha value is -1.99. The van der Waals surface area contributed by atoms with Crippen LogP contribution in [0.15, 0.2) is 23.2 Å². The number of hydrogen-bond acceptors (Lipinski definition) is 5. The van der Waals surface area contributed by atoms with Gasteiger partial charge in [-0.3, -0.25) is 4.99 Å². The zero-order valence-corrected chi connectivity index (χ0v) is 17.2. The van der Waals surface area contributed by atoms with Gasteiger partial charge < -0.3 is 29.7 Å².